The van der Waals surface area contributed by atoms with Crippen LogP contribution in [0.3, 0.4) is 0 Å². The van der Waals surface area contributed by atoms with Crippen molar-refractivity contribution in [1.82, 2.24) is 0 Å². The molecule has 1 nitrogen and oxygen atoms in total. The Morgan fingerprint density at radius 1 is 0.152 bits per heavy atom. The summed E-state index contributed by atoms with van der Waals surface area (Å²) in [5, 5.41) is 0. The molecule has 0 heterocycles. The summed E-state index contributed by atoms with van der Waals surface area (Å²) in [4.78, 5) is 2.40. The Balaban J connectivity index is 0.980. The Morgan fingerprint density at radius 3 is 0.532 bits per heavy atom. The maximum atomic E-state index is 2.40. The minimum atomic E-state index is 1.07. The zero-order valence-electron chi connectivity index (χ0n) is 45.9. The number of anilines is 3. The Kier molecular flexibility index (Phi) is 13.9. The number of hydrogen-bond acceptors (Lipinski definition) is 1. The molecule has 12 aromatic carbocycles. The highest BCUT2D eigenvalue weighted by Gasteiger charge is 2.19. The zero-order chi connectivity index (χ0) is 54.0. The quantitative estimate of drug-likeness (QED) is 0.118. The molecule has 0 saturated carbocycles. The molecule has 0 amide bonds. The van der Waals surface area contributed by atoms with Gasteiger partial charge in [-0.1, -0.05) is 252 Å². The minimum Gasteiger partial charge on any atom is -0.311 e. The van der Waals surface area contributed by atoms with Gasteiger partial charge in [0.05, 0.1) is 0 Å². The molecule has 0 aromatic heterocycles. The third kappa shape index (κ3) is 10.8. The van der Waals surface area contributed by atoms with Crippen LogP contribution in [0.5, 0.6) is 0 Å². The predicted octanol–water partition coefficient (Wildman–Crippen LogP) is 22.0. The third-order valence-corrected chi connectivity index (χ3v) is 15.6. The van der Waals surface area contributed by atoms with Gasteiger partial charge in [-0.3, -0.25) is 0 Å². The van der Waals surface area contributed by atoms with E-state index in [1.165, 1.54) is 117 Å². The fourth-order valence-electron chi connectivity index (χ4n) is 10.9. The highest BCUT2D eigenvalue weighted by Crippen LogP contribution is 2.44. The first-order valence-electron chi connectivity index (χ1n) is 27.5. The van der Waals surface area contributed by atoms with Gasteiger partial charge in [-0.25, -0.2) is 0 Å². The molecule has 0 unspecified atom stereocenters. The molecule has 0 N–H and O–H groups in total. The van der Waals surface area contributed by atoms with Gasteiger partial charge in [-0.05, 0) is 196 Å². The fraction of sp³-hybridized carbons (Fsp3) is 0.0769. The molecule has 0 spiro atoms. The van der Waals surface area contributed by atoms with Crippen molar-refractivity contribution in [3.8, 4) is 100 Å². The number of nitrogens with zero attached hydrogens (tertiary/aromatic N) is 1. The van der Waals surface area contributed by atoms with Gasteiger partial charge in [0.15, 0.2) is 0 Å². The summed E-state index contributed by atoms with van der Waals surface area (Å²) in [5.74, 6) is 0. The zero-order valence-corrected chi connectivity index (χ0v) is 45.9. The molecule has 79 heavy (non-hydrogen) atoms. The van der Waals surface area contributed by atoms with E-state index in [1.54, 1.807) is 0 Å². The Labute approximate surface area is 467 Å². The van der Waals surface area contributed by atoms with E-state index < -0.39 is 0 Å². The molecule has 0 atom stereocenters. The smallest absolute Gasteiger partial charge is 0.0462 e. The maximum absolute atomic E-state index is 2.40. The van der Waals surface area contributed by atoms with Crippen molar-refractivity contribution >= 4 is 17.1 Å². The molecule has 0 aliphatic rings. The average molecular weight is 1010 g/mol. The lowest BCUT2D eigenvalue weighted by atomic mass is 9.90. The average Bonchev–Trinajstić information content (AvgIpc) is 3.52. The molecule has 0 fully saturated rings. The second-order valence-electron chi connectivity index (χ2n) is 21.5. The second kappa shape index (κ2) is 21.8. The lowest BCUT2D eigenvalue weighted by Gasteiger charge is -2.26. The van der Waals surface area contributed by atoms with Crippen LogP contribution in [0.15, 0.2) is 273 Å². The SMILES string of the molecule is Cc1ccc(-c2ccc(-c3ccc(C)cc3)c(-c3ccc(N(c4ccc(-c5cc(-c6ccc(C)cc6)ccc5-c5ccc(C)cc5)cc4)c4ccc(-c5cc(-c6ccc(C)cc6)ccc5-c5ccc(C)cc5)cc4)cc3)c2)cc1. The Hall–Kier alpha value is -9.56. The summed E-state index contributed by atoms with van der Waals surface area (Å²) >= 11 is 0. The Bertz CT molecular complexity index is 3640. The van der Waals surface area contributed by atoms with Gasteiger partial charge < -0.3 is 4.90 Å². The van der Waals surface area contributed by atoms with Crippen molar-refractivity contribution in [3.05, 3.63) is 306 Å². The van der Waals surface area contributed by atoms with E-state index in [2.05, 4.69) is 319 Å². The molecule has 0 saturated heterocycles. The van der Waals surface area contributed by atoms with Crippen molar-refractivity contribution in [2.24, 2.45) is 0 Å². The maximum Gasteiger partial charge on any atom is 0.0462 e. The van der Waals surface area contributed by atoms with E-state index in [-0.39, 0.29) is 0 Å². The molecular formula is C78H63N. The van der Waals surface area contributed by atoms with Gasteiger partial charge in [-0.2, -0.15) is 0 Å². The van der Waals surface area contributed by atoms with Crippen LogP contribution in [0.2, 0.25) is 0 Å². The van der Waals surface area contributed by atoms with Crippen LogP contribution in [-0.4, -0.2) is 0 Å². The molecule has 0 radical (unpaired) electrons. The van der Waals surface area contributed by atoms with E-state index in [1.807, 2.05) is 0 Å². The number of hydrogen-bond donors (Lipinski definition) is 0. The summed E-state index contributed by atoms with van der Waals surface area (Å²) in [5.41, 5.74) is 32.2. The van der Waals surface area contributed by atoms with Crippen molar-refractivity contribution in [3.63, 3.8) is 0 Å². The van der Waals surface area contributed by atoms with Gasteiger partial charge in [-0.15, -0.1) is 0 Å². The fourth-order valence-corrected chi connectivity index (χ4v) is 10.9. The van der Waals surface area contributed by atoms with Gasteiger partial charge in [0.25, 0.3) is 0 Å². The number of aryl methyl sites for hydroxylation is 6. The van der Waals surface area contributed by atoms with Crippen LogP contribution >= 0.6 is 0 Å². The van der Waals surface area contributed by atoms with Crippen LogP contribution in [0.25, 0.3) is 100 Å². The normalized spacial score (nSPS) is 11.2. The van der Waals surface area contributed by atoms with Crippen molar-refractivity contribution < 1.29 is 0 Å². The summed E-state index contributed by atoms with van der Waals surface area (Å²) in [6.45, 7) is 12.9. The highest BCUT2D eigenvalue weighted by molar-refractivity contribution is 5.92. The van der Waals surface area contributed by atoms with Crippen molar-refractivity contribution in [2.75, 3.05) is 4.90 Å². The second-order valence-corrected chi connectivity index (χ2v) is 21.5. The van der Waals surface area contributed by atoms with E-state index in [0.29, 0.717) is 0 Å². The monoisotopic (exact) mass is 1010 g/mol. The van der Waals surface area contributed by atoms with E-state index in [4.69, 9.17) is 0 Å². The molecule has 0 bridgehead atoms. The topological polar surface area (TPSA) is 3.24 Å². The molecule has 0 aliphatic carbocycles. The first-order chi connectivity index (χ1) is 38.6. The van der Waals surface area contributed by atoms with E-state index >= 15 is 0 Å². The van der Waals surface area contributed by atoms with Crippen LogP contribution in [0.1, 0.15) is 33.4 Å². The highest BCUT2D eigenvalue weighted by atomic mass is 15.1. The molecule has 0 aliphatic heterocycles. The molecule has 380 valence electrons. The van der Waals surface area contributed by atoms with Gasteiger partial charge in [0.2, 0.25) is 0 Å². The Morgan fingerprint density at radius 2 is 0.316 bits per heavy atom. The predicted molar refractivity (Wildman–Crippen MR) is 338 cm³/mol. The van der Waals surface area contributed by atoms with Crippen LogP contribution in [0, 0.1) is 41.5 Å². The lowest BCUT2D eigenvalue weighted by Crippen LogP contribution is -2.10. The standard InChI is InChI=1S/C78H63N/c1-52-7-19-58(20-8-52)67-37-46-73(61-25-13-55(4)14-26-61)76(49-67)64-31-40-70(41-32-64)79(71-42-33-65(34-43-71)77-50-68(59-21-9-53(2)10-22-59)38-47-74(77)62-27-15-56(5)16-28-62)72-44-35-66(36-45-72)78-51-69(60-23-11-54(3)12-24-60)39-48-75(78)63-29-17-57(6)18-30-63/h7-51H,1-6H3. The largest absolute Gasteiger partial charge is 0.311 e. The summed E-state index contributed by atoms with van der Waals surface area (Å²) in [6.07, 6.45) is 0. The molecule has 12 aromatic rings. The number of rotatable bonds is 12. The van der Waals surface area contributed by atoms with Crippen LogP contribution in [0.4, 0.5) is 17.1 Å². The van der Waals surface area contributed by atoms with Crippen LogP contribution in [-0.2, 0) is 0 Å². The first kappa shape index (κ1) is 50.3. The van der Waals surface area contributed by atoms with Crippen LogP contribution < -0.4 is 4.90 Å². The van der Waals surface area contributed by atoms with Gasteiger partial charge >= 0.3 is 0 Å². The summed E-state index contributed by atoms with van der Waals surface area (Å²) in [6, 6.07) is 102. The molecule has 12 rings (SSSR count). The molecular weight excluding hydrogens is 951 g/mol. The van der Waals surface area contributed by atoms with E-state index in [9.17, 15) is 0 Å². The van der Waals surface area contributed by atoms with E-state index in [0.717, 1.165) is 33.8 Å². The summed E-state index contributed by atoms with van der Waals surface area (Å²) < 4.78 is 0. The molecule has 1 heteroatoms. The van der Waals surface area contributed by atoms with Gasteiger partial charge in [0, 0.05) is 17.1 Å². The van der Waals surface area contributed by atoms with Crippen molar-refractivity contribution in [2.45, 2.75) is 41.5 Å². The number of benzene rings is 12. The van der Waals surface area contributed by atoms with Crippen molar-refractivity contribution in [1.29, 1.82) is 0 Å². The minimum absolute atomic E-state index is 1.07. The third-order valence-electron chi connectivity index (χ3n) is 15.6. The van der Waals surface area contributed by atoms with Gasteiger partial charge in [0.1, 0.15) is 0 Å². The lowest BCUT2D eigenvalue weighted by molar-refractivity contribution is 1.28. The summed E-state index contributed by atoms with van der Waals surface area (Å²) in [7, 11) is 0. The first-order valence-corrected chi connectivity index (χ1v) is 27.5.